The van der Waals surface area contributed by atoms with Gasteiger partial charge in [0.15, 0.2) is 0 Å². The molecule has 1 atom stereocenters. The third-order valence-corrected chi connectivity index (χ3v) is 4.48. The van der Waals surface area contributed by atoms with Gasteiger partial charge in [0.05, 0.1) is 0 Å². The zero-order valence-corrected chi connectivity index (χ0v) is 15.6. The van der Waals surface area contributed by atoms with E-state index in [2.05, 4.69) is 33.0 Å². The molecule has 0 bridgehead atoms. The summed E-state index contributed by atoms with van der Waals surface area (Å²) in [6.45, 7) is 10.3. The van der Waals surface area contributed by atoms with Crippen molar-refractivity contribution in [2.45, 2.75) is 117 Å². The fourth-order valence-electron chi connectivity index (χ4n) is 3.08. The Hall–Kier alpha value is -0.0400. The van der Waals surface area contributed by atoms with Crippen molar-refractivity contribution in [3.05, 3.63) is 0 Å². The van der Waals surface area contributed by atoms with Crippen molar-refractivity contribution in [2.24, 2.45) is 5.92 Å². The van der Waals surface area contributed by atoms with Gasteiger partial charge >= 0.3 is 0 Å². The maximum Gasteiger partial charge on any atom is 0.00104 e. The second-order valence-corrected chi connectivity index (χ2v) is 7.19. The zero-order valence-electron chi connectivity index (χ0n) is 15.6. The molecule has 128 valence electrons. The summed E-state index contributed by atoms with van der Waals surface area (Å²) in [7, 11) is 0. The van der Waals surface area contributed by atoms with Crippen LogP contribution in [-0.2, 0) is 0 Å². The van der Waals surface area contributed by atoms with E-state index < -0.39 is 0 Å². The zero-order chi connectivity index (χ0) is 15.8. The molecule has 0 heterocycles. The van der Waals surface area contributed by atoms with Crippen molar-refractivity contribution in [2.75, 3.05) is 6.54 Å². The van der Waals surface area contributed by atoms with Crippen LogP contribution in [0, 0.1) is 5.92 Å². The summed E-state index contributed by atoms with van der Waals surface area (Å²) in [5.41, 5.74) is 0. The smallest absolute Gasteiger partial charge is 0.00104 e. The molecular weight excluding hydrogens is 254 g/mol. The van der Waals surface area contributed by atoms with Gasteiger partial charge in [-0.2, -0.15) is 0 Å². The largest absolute Gasteiger partial charge is 0.314 e. The Morgan fingerprint density at radius 3 is 1.62 bits per heavy atom. The molecule has 1 nitrogen and oxygen atoms in total. The van der Waals surface area contributed by atoms with Crippen LogP contribution in [-0.4, -0.2) is 12.6 Å². The Bertz CT molecular complexity index is 188. The predicted octanol–water partition coefficient (Wildman–Crippen LogP) is 6.71. The van der Waals surface area contributed by atoms with Crippen LogP contribution in [0.4, 0.5) is 0 Å². The van der Waals surface area contributed by atoms with E-state index in [0.29, 0.717) is 6.04 Å². The van der Waals surface area contributed by atoms with E-state index in [9.17, 15) is 0 Å². The maximum atomic E-state index is 3.62. The first kappa shape index (κ1) is 21.0. The number of rotatable bonds is 16. The molecule has 0 radical (unpaired) electrons. The normalized spacial score (nSPS) is 13.0. The summed E-state index contributed by atoms with van der Waals surface area (Å²) in [5.74, 6) is 0.909. The maximum absolute atomic E-state index is 3.62. The molecule has 0 aromatic rings. The van der Waals surface area contributed by atoms with Gasteiger partial charge in [-0.3, -0.25) is 0 Å². The Morgan fingerprint density at radius 2 is 1.14 bits per heavy atom. The Morgan fingerprint density at radius 1 is 0.619 bits per heavy atom. The van der Waals surface area contributed by atoms with Gasteiger partial charge in [-0.15, -0.1) is 0 Å². The van der Waals surface area contributed by atoms with Crippen LogP contribution in [0.2, 0.25) is 0 Å². The van der Waals surface area contributed by atoms with Gasteiger partial charge in [-0.05, 0) is 25.3 Å². The first-order valence-corrected chi connectivity index (χ1v) is 9.94. The summed E-state index contributed by atoms with van der Waals surface area (Å²) in [6.07, 6.45) is 18.7. The molecule has 0 aromatic heterocycles. The number of hydrogen-bond donors (Lipinski definition) is 1. The molecule has 0 aromatic carbocycles. The fraction of sp³-hybridized carbons (Fsp3) is 1.00. The summed E-state index contributed by atoms with van der Waals surface area (Å²) in [4.78, 5) is 0. The number of unbranched alkanes of at least 4 members (excludes halogenated alkanes) is 9. The van der Waals surface area contributed by atoms with Crippen LogP contribution in [0.5, 0.6) is 0 Å². The van der Waals surface area contributed by atoms with Crippen molar-refractivity contribution in [3.8, 4) is 0 Å². The number of hydrogen-bond acceptors (Lipinski definition) is 1. The van der Waals surface area contributed by atoms with Crippen LogP contribution in [0.3, 0.4) is 0 Å². The number of nitrogens with one attached hydrogen (secondary N) is 1. The van der Waals surface area contributed by atoms with Gasteiger partial charge in [0.2, 0.25) is 0 Å². The highest BCUT2D eigenvalue weighted by molar-refractivity contribution is 4.64. The Kier molecular flexibility index (Phi) is 16.3. The highest BCUT2D eigenvalue weighted by Gasteiger charge is 2.07. The average molecular weight is 298 g/mol. The molecule has 0 fully saturated rings. The fourth-order valence-corrected chi connectivity index (χ4v) is 3.08. The van der Waals surface area contributed by atoms with E-state index in [0.717, 1.165) is 5.92 Å². The van der Waals surface area contributed by atoms with Gasteiger partial charge in [-0.25, -0.2) is 0 Å². The van der Waals surface area contributed by atoms with E-state index in [4.69, 9.17) is 0 Å². The van der Waals surface area contributed by atoms with E-state index in [-0.39, 0.29) is 0 Å². The lowest BCUT2D eigenvalue weighted by atomic mass is 9.95. The molecule has 0 saturated heterocycles. The standard InChI is InChI=1S/C20H43N/c1-5-7-8-9-10-11-12-13-14-15-17-20(16-6-2)18-21-19(3)4/h19-21H,5-18H2,1-4H3. The molecule has 0 aliphatic carbocycles. The van der Waals surface area contributed by atoms with Gasteiger partial charge in [0, 0.05) is 6.04 Å². The summed E-state index contributed by atoms with van der Waals surface area (Å²) < 4.78 is 0. The summed E-state index contributed by atoms with van der Waals surface area (Å²) in [5, 5.41) is 3.62. The molecule has 1 heteroatoms. The predicted molar refractivity (Wildman–Crippen MR) is 98.0 cm³/mol. The third kappa shape index (κ3) is 16.2. The lowest BCUT2D eigenvalue weighted by molar-refractivity contribution is 0.381. The minimum Gasteiger partial charge on any atom is -0.314 e. The monoisotopic (exact) mass is 297 g/mol. The van der Waals surface area contributed by atoms with Crippen molar-refractivity contribution in [3.63, 3.8) is 0 Å². The Labute approximate surface area is 135 Å². The summed E-state index contributed by atoms with van der Waals surface area (Å²) >= 11 is 0. The minimum absolute atomic E-state index is 0.636. The molecule has 0 saturated carbocycles. The first-order valence-electron chi connectivity index (χ1n) is 9.94. The highest BCUT2D eigenvalue weighted by Crippen LogP contribution is 2.17. The lowest BCUT2D eigenvalue weighted by Gasteiger charge is -2.18. The van der Waals surface area contributed by atoms with Crippen molar-refractivity contribution in [1.29, 1.82) is 0 Å². The highest BCUT2D eigenvalue weighted by atomic mass is 14.9. The third-order valence-electron chi connectivity index (χ3n) is 4.48. The molecule has 0 rings (SSSR count). The van der Waals surface area contributed by atoms with Crippen molar-refractivity contribution >= 4 is 0 Å². The van der Waals surface area contributed by atoms with Crippen molar-refractivity contribution in [1.82, 2.24) is 5.32 Å². The van der Waals surface area contributed by atoms with Crippen LogP contribution in [0.15, 0.2) is 0 Å². The summed E-state index contributed by atoms with van der Waals surface area (Å²) in [6, 6.07) is 0.636. The quantitative estimate of drug-likeness (QED) is 0.312. The van der Waals surface area contributed by atoms with Crippen molar-refractivity contribution < 1.29 is 0 Å². The molecule has 0 amide bonds. The molecule has 0 aliphatic rings. The average Bonchev–Trinajstić information content (AvgIpc) is 2.46. The molecule has 0 spiro atoms. The van der Waals surface area contributed by atoms with Gasteiger partial charge in [0.25, 0.3) is 0 Å². The van der Waals surface area contributed by atoms with E-state index >= 15 is 0 Å². The van der Waals surface area contributed by atoms with Crippen LogP contribution in [0.1, 0.15) is 111 Å². The topological polar surface area (TPSA) is 12.0 Å². The minimum atomic E-state index is 0.636. The lowest BCUT2D eigenvalue weighted by Crippen LogP contribution is -2.29. The molecule has 1 N–H and O–H groups in total. The Balaban J connectivity index is 3.36. The van der Waals surface area contributed by atoms with E-state index in [1.165, 1.54) is 90.0 Å². The first-order chi connectivity index (χ1) is 10.2. The van der Waals surface area contributed by atoms with E-state index in [1.807, 2.05) is 0 Å². The van der Waals surface area contributed by atoms with Crippen LogP contribution < -0.4 is 5.32 Å². The van der Waals surface area contributed by atoms with E-state index in [1.54, 1.807) is 0 Å². The molecular formula is C20H43N. The van der Waals surface area contributed by atoms with Gasteiger partial charge < -0.3 is 5.32 Å². The van der Waals surface area contributed by atoms with Gasteiger partial charge in [0.1, 0.15) is 0 Å². The second kappa shape index (κ2) is 16.3. The molecule has 21 heavy (non-hydrogen) atoms. The SMILES string of the molecule is CCCCCCCCCCCCC(CCC)CNC(C)C. The van der Waals surface area contributed by atoms with Crippen LogP contribution in [0.25, 0.3) is 0 Å². The van der Waals surface area contributed by atoms with Crippen LogP contribution >= 0.6 is 0 Å². The van der Waals surface area contributed by atoms with Gasteiger partial charge in [-0.1, -0.05) is 98.3 Å². The molecule has 1 unspecified atom stereocenters. The second-order valence-electron chi connectivity index (χ2n) is 7.19. The molecule has 0 aliphatic heterocycles.